The number of carbonyl (C=O) groups is 1. The number of esters is 1. The van der Waals surface area contributed by atoms with Crippen molar-refractivity contribution >= 4 is 5.97 Å². The molecular formula is C22H30F2O2. The summed E-state index contributed by atoms with van der Waals surface area (Å²) < 4.78 is 32.9. The van der Waals surface area contributed by atoms with Crippen molar-refractivity contribution in [2.24, 2.45) is 5.41 Å². The average molecular weight is 364 g/mol. The van der Waals surface area contributed by atoms with E-state index >= 15 is 0 Å². The van der Waals surface area contributed by atoms with Gasteiger partial charge in [0.05, 0.1) is 0 Å². The lowest BCUT2D eigenvalue weighted by Gasteiger charge is -2.37. The number of ether oxygens (including phenoxy) is 1. The lowest BCUT2D eigenvalue weighted by molar-refractivity contribution is -0.139. The van der Waals surface area contributed by atoms with E-state index in [0.717, 1.165) is 16.7 Å². The van der Waals surface area contributed by atoms with E-state index in [1.165, 1.54) is 13.8 Å². The summed E-state index contributed by atoms with van der Waals surface area (Å²) in [5.74, 6) is -3.02. The summed E-state index contributed by atoms with van der Waals surface area (Å²) in [4.78, 5) is 10.7. The van der Waals surface area contributed by atoms with E-state index in [2.05, 4.69) is 0 Å². The molecule has 0 aliphatic heterocycles. The Balaban J connectivity index is 2.82. The van der Waals surface area contributed by atoms with Gasteiger partial charge in [0.15, 0.2) is 0 Å². The molecule has 0 aromatic carbocycles. The fourth-order valence-corrected chi connectivity index (χ4v) is 2.83. The van der Waals surface area contributed by atoms with Gasteiger partial charge >= 0.3 is 5.97 Å². The third-order valence-corrected chi connectivity index (χ3v) is 4.67. The Hall–Kier alpha value is -1.97. The molecule has 144 valence electrons. The Morgan fingerprint density at radius 3 is 2.38 bits per heavy atom. The molecule has 0 N–H and O–H groups in total. The van der Waals surface area contributed by atoms with E-state index in [9.17, 15) is 13.6 Å². The van der Waals surface area contributed by atoms with E-state index in [0.29, 0.717) is 6.42 Å². The van der Waals surface area contributed by atoms with Gasteiger partial charge in [-0.25, -0.2) is 8.78 Å². The number of allylic oxidation sites excluding steroid dienone is 9. The van der Waals surface area contributed by atoms with E-state index < -0.39 is 5.92 Å². The Morgan fingerprint density at radius 1 is 1.12 bits per heavy atom. The molecule has 0 radical (unpaired) electrons. The summed E-state index contributed by atoms with van der Waals surface area (Å²) in [6, 6.07) is 0. The predicted molar refractivity (Wildman–Crippen MR) is 103 cm³/mol. The van der Waals surface area contributed by atoms with Crippen molar-refractivity contribution in [2.45, 2.75) is 60.3 Å². The normalized spacial score (nSPS) is 20.9. The molecule has 0 heterocycles. The minimum Gasteiger partial charge on any atom is -0.462 e. The van der Waals surface area contributed by atoms with Crippen molar-refractivity contribution in [1.29, 1.82) is 0 Å². The molecular weight excluding hydrogens is 334 g/mol. The van der Waals surface area contributed by atoms with Gasteiger partial charge < -0.3 is 4.74 Å². The molecule has 0 saturated carbocycles. The van der Waals surface area contributed by atoms with Crippen LogP contribution in [0, 0.1) is 5.41 Å². The third-order valence-electron chi connectivity index (χ3n) is 4.67. The van der Waals surface area contributed by atoms with Crippen LogP contribution in [0.15, 0.2) is 58.7 Å². The molecule has 0 aromatic rings. The van der Waals surface area contributed by atoms with Crippen LogP contribution < -0.4 is 0 Å². The molecule has 26 heavy (non-hydrogen) atoms. The molecule has 2 nitrogen and oxygen atoms in total. The van der Waals surface area contributed by atoms with Crippen molar-refractivity contribution in [3.8, 4) is 0 Å². The number of carbonyl (C=O) groups excluding carboxylic acids is 1. The summed E-state index contributed by atoms with van der Waals surface area (Å²) in [5, 5.41) is 0. The zero-order valence-electron chi connectivity index (χ0n) is 16.7. The Morgan fingerprint density at radius 2 is 1.77 bits per heavy atom. The Kier molecular flexibility index (Phi) is 7.73. The topological polar surface area (TPSA) is 26.3 Å². The zero-order chi connectivity index (χ0) is 20.0. The molecule has 0 atom stereocenters. The smallest absolute Gasteiger partial charge is 0.302 e. The number of rotatable bonds is 6. The van der Waals surface area contributed by atoms with Crippen LogP contribution in [-0.2, 0) is 9.53 Å². The summed E-state index contributed by atoms with van der Waals surface area (Å²) in [7, 11) is 0. The molecule has 0 unspecified atom stereocenters. The third kappa shape index (κ3) is 6.74. The fraction of sp³-hybridized carbons (Fsp3) is 0.500. The second kappa shape index (κ2) is 9.11. The predicted octanol–water partition coefficient (Wildman–Crippen LogP) is 6.33. The zero-order valence-corrected chi connectivity index (χ0v) is 16.7. The van der Waals surface area contributed by atoms with E-state index in [1.54, 1.807) is 0 Å². The first-order valence-electron chi connectivity index (χ1n) is 8.88. The maximum absolute atomic E-state index is 14.0. The number of hydrogen-bond donors (Lipinski definition) is 0. The van der Waals surface area contributed by atoms with Crippen LogP contribution >= 0.6 is 0 Å². The van der Waals surface area contributed by atoms with Gasteiger partial charge in [-0.3, -0.25) is 4.79 Å². The molecule has 1 aliphatic rings. The SMILES string of the molecule is CC(=O)OC/C=C(C)/C=C/C=C(C)/C=C/C1=C(C)C(F)(F)CCC1(C)C. The number of hydrogen-bond acceptors (Lipinski definition) is 2. The Bertz CT molecular complexity index is 674. The lowest BCUT2D eigenvalue weighted by Crippen LogP contribution is -2.31. The molecule has 0 spiro atoms. The monoisotopic (exact) mass is 364 g/mol. The Labute approximate surface area is 156 Å². The number of halogens is 2. The maximum Gasteiger partial charge on any atom is 0.302 e. The highest BCUT2D eigenvalue weighted by Gasteiger charge is 2.42. The van der Waals surface area contributed by atoms with Gasteiger partial charge in [0.2, 0.25) is 0 Å². The van der Waals surface area contributed by atoms with Crippen LogP contribution in [0.5, 0.6) is 0 Å². The molecule has 0 aromatic heterocycles. The largest absolute Gasteiger partial charge is 0.462 e. The highest BCUT2D eigenvalue weighted by atomic mass is 19.3. The highest BCUT2D eigenvalue weighted by molar-refractivity contribution is 5.66. The fourth-order valence-electron chi connectivity index (χ4n) is 2.83. The van der Waals surface area contributed by atoms with Crippen LogP contribution in [0.25, 0.3) is 0 Å². The first kappa shape index (κ1) is 22.1. The van der Waals surface area contributed by atoms with Crippen molar-refractivity contribution < 1.29 is 18.3 Å². The second-order valence-electron chi connectivity index (χ2n) is 7.48. The molecule has 4 heteroatoms. The van der Waals surface area contributed by atoms with Gasteiger partial charge in [-0.05, 0) is 49.8 Å². The van der Waals surface area contributed by atoms with Gasteiger partial charge in [0.25, 0.3) is 5.92 Å². The highest BCUT2D eigenvalue weighted by Crippen LogP contribution is 2.47. The van der Waals surface area contributed by atoms with Crippen LogP contribution in [0.3, 0.4) is 0 Å². The molecule has 0 saturated heterocycles. The summed E-state index contributed by atoms with van der Waals surface area (Å²) in [5.41, 5.74) is 2.61. The minimum absolute atomic E-state index is 0.0836. The van der Waals surface area contributed by atoms with Crippen LogP contribution in [0.1, 0.15) is 54.4 Å². The van der Waals surface area contributed by atoms with Crippen molar-refractivity contribution in [1.82, 2.24) is 0 Å². The molecule has 0 bridgehead atoms. The molecule has 1 aliphatic carbocycles. The van der Waals surface area contributed by atoms with Crippen LogP contribution in [0.4, 0.5) is 8.78 Å². The standard InChI is InChI=1S/C22H30F2O2/c1-16(8-7-9-17(2)12-15-26-19(4)25)10-11-20-18(3)22(23,24)14-13-21(20,5)6/h7-12H,13-15H2,1-6H3/b9-7+,11-10+,16-8+,17-12+. The number of alkyl halides is 2. The summed E-state index contributed by atoms with van der Waals surface area (Å²) in [6.45, 7) is 11.0. The van der Waals surface area contributed by atoms with Gasteiger partial charge in [-0.15, -0.1) is 0 Å². The average Bonchev–Trinajstić information content (AvgIpc) is 2.51. The van der Waals surface area contributed by atoms with Gasteiger partial charge in [-0.2, -0.15) is 0 Å². The van der Waals surface area contributed by atoms with E-state index in [1.807, 2.05) is 64.2 Å². The minimum atomic E-state index is -2.71. The molecule has 1 rings (SSSR count). The van der Waals surface area contributed by atoms with Gasteiger partial charge in [0, 0.05) is 13.3 Å². The van der Waals surface area contributed by atoms with Crippen molar-refractivity contribution in [3.05, 3.63) is 58.7 Å². The molecule has 0 amide bonds. The van der Waals surface area contributed by atoms with Crippen LogP contribution in [-0.4, -0.2) is 18.5 Å². The maximum atomic E-state index is 14.0. The van der Waals surface area contributed by atoms with Crippen molar-refractivity contribution in [2.75, 3.05) is 6.61 Å². The molecule has 0 fully saturated rings. The van der Waals surface area contributed by atoms with E-state index in [-0.39, 0.29) is 30.0 Å². The van der Waals surface area contributed by atoms with Gasteiger partial charge in [-0.1, -0.05) is 55.4 Å². The van der Waals surface area contributed by atoms with Crippen LogP contribution in [0.2, 0.25) is 0 Å². The van der Waals surface area contributed by atoms with Crippen molar-refractivity contribution in [3.63, 3.8) is 0 Å². The quantitative estimate of drug-likeness (QED) is 0.407. The second-order valence-corrected chi connectivity index (χ2v) is 7.48. The van der Waals surface area contributed by atoms with Gasteiger partial charge in [0.1, 0.15) is 6.61 Å². The lowest BCUT2D eigenvalue weighted by atomic mass is 9.71. The summed E-state index contributed by atoms with van der Waals surface area (Å²) in [6.07, 6.45) is 11.6. The summed E-state index contributed by atoms with van der Waals surface area (Å²) >= 11 is 0. The first-order chi connectivity index (χ1) is 12.0. The first-order valence-corrected chi connectivity index (χ1v) is 8.88. The van der Waals surface area contributed by atoms with E-state index in [4.69, 9.17) is 4.74 Å².